The molecule has 0 saturated carbocycles. The Morgan fingerprint density at radius 1 is 1.21 bits per heavy atom. The Labute approximate surface area is 87.6 Å². The Hall–Kier alpha value is -0.0800. The molecule has 2 heteroatoms. The van der Waals surface area contributed by atoms with Crippen LogP contribution in [0, 0.1) is 17.3 Å². The minimum Gasteiger partial charge on any atom is -0.381 e. The third-order valence-corrected chi connectivity index (χ3v) is 3.34. The van der Waals surface area contributed by atoms with Crippen LogP contribution in [-0.2, 0) is 4.74 Å². The van der Waals surface area contributed by atoms with E-state index < -0.39 is 0 Å². The second kappa shape index (κ2) is 3.82. The Morgan fingerprint density at radius 3 is 2.64 bits per heavy atom. The number of rotatable bonds is 1. The number of nitrogens with zero attached hydrogens (tertiary/aromatic N) is 1. The maximum absolute atomic E-state index is 5.54. The lowest BCUT2D eigenvalue weighted by atomic mass is 9.87. The summed E-state index contributed by atoms with van der Waals surface area (Å²) in [5.41, 5.74) is 0.437. The first-order valence-electron chi connectivity index (χ1n) is 5.85. The summed E-state index contributed by atoms with van der Waals surface area (Å²) in [4.78, 5) is 2.62. The van der Waals surface area contributed by atoms with Gasteiger partial charge in [-0.15, -0.1) is 0 Å². The number of ether oxygens (including phenoxy) is 1. The van der Waals surface area contributed by atoms with Crippen molar-refractivity contribution in [1.82, 2.24) is 4.90 Å². The van der Waals surface area contributed by atoms with Crippen molar-refractivity contribution in [2.75, 3.05) is 32.8 Å². The molecule has 0 spiro atoms. The first-order valence-corrected chi connectivity index (χ1v) is 5.85. The number of likely N-dealkylation sites (tertiary alicyclic amines) is 1. The molecular formula is C12H23NO. The standard InChI is InChI=1S/C12H23NO/c1-12(2,3)9-13-5-4-10-7-14-8-11(10)6-13/h10-11H,4-9H2,1-3H3. The summed E-state index contributed by atoms with van der Waals surface area (Å²) >= 11 is 0. The van der Waals surface area contributed by atoms with Crippen LogP contribution in [0.3, 0.4) is 0 Å². The van der Waals surface area contributed by atoms with Gasteiger partial charge in [-0.2, -0.15) is 0 Å². The monoisotopic (exact) mass is 197 g/mol. The zero-order chi connectivity index (χ0) is 10.2. The molecule has 2 fully saturated rings. The molecule has 0 aliphatic carbocycles. The Morgan fingerprint density at radius 2 is 1.93 bits per heavy atom. The van der Waals surface area contributed by atoms with Crippen molar-refractivity contribution in [2.24, 2.45) is 17.3 Å². The van der Waals surface area contributed by atoms with Crippen molar-refractivity contribution in [2.45, 2.75) is 27.2 Å². The van der Waals surface area contributed by atoms with Gasteiger partial charge in [0.2, 0.25) is 0 Å². The van der Waals surface area contributed by atoms with Crippen molar-refractivity contribution >= 4 is 0 Å². The zero-order valence-electron chi connectivity index (χ0n) is 9.75. The van der Waals surface area contributed by atoms with E-state index in [1.165, 1.54) is 26.1 Å². The van der Waals surface area contributed by atoms with Crippen molar-refractivity contribution in [3.8, 4) is 0 Å². The minimum atomic E-state index is 0.437. The van der Waals surface area contributed by atoms with E-state index in [1.807, 2.05) is 0 Å². The minimum absolute atomic E-state index is 0.437. The average molecular weight is 197 g/mol. The molecule has 0 amide bonds. The van der Waals surface area contributed by atoms with Crippen LogP contribution in [0.4, 0.5) is 0 Å². The molecule has 0 radical (unpaired) electrons. The number of fused-ring (bicyclic) bond motifs is 1. The second-order valence-corrected chi connectivity index (χ2v) is 6.14. The highest BCUT2D eigenvalue weighted by atomic mass is 16.5. The highest BCUT2D eigenvalue weighted by Crippen LogP contribution is 2.30. The first kappa shape index (κ1) is 10.4. The maximum Gasteiger partial charge on any atom is 0.0510 e. The second-order valence-electron chi connectivity index (χ2n) is 6.14. The molecule has 2 rings (SSSR count). The molecule has 0 N–H and O–H groups in total. The summed E-state index contributed by atoms with van der Waals surface area (Å²) in [5.74, 6) is 1.69. The van der Waals surface area contributed by atoms with E-state index in [0.717, 1.165) is 25.0 Å². The highest BCUT2D eigenvalue weighted by Gasteiger charge is 2.34. The van der Waals surface area contributed by atoms with Gasteiger partial charge in [0.15, 0.2) is 0 Å². The third kappa shape index (κ3) is 2.48. The van der Waals surface area contributed by atoms with E-state index in [9.17, 15) is 0 Å². The Balaban J connectivity index is 1.85. The molecular weight excluding hydrogens is 174 g/mol. The molecule has 0 bridgehead atoms. The molecule has 2 saturated heterocycles. The smallest absolute Gasteiger partial charge is 0.0510 e. The molecule has 2 aliphatic heterocycles. The van der Waals surface area contributed by atoms with Gasteiger partial charge in [0.25, 0.3) is 0 Å². The van der Waals surface area contributed by atoms with Gasteiger partial charge < -0.3 is 9.64 Å². The fourth-order valence-corrected chi connectivity index (χ4v) is 2.75. The molecule has 2 aliphatic rings. The topological polar surface area (TPSA) is 12.5 Å². The Bertz CT molecular complexity index is 197. The van der Waals surface area contributed by atoms with Crippen LogP contribution >= 0.6 is 0 Å². The molecule has 2 unspecified atom stereocenters. The molecule has 82 valence electrons. The molecule has 2 nitrogen and oxygen atoms in total. The molecule has 14 heavy (non-hydrogen) atoms. The summed E-state index contributed by atoms with van der Waals surface area (Å²) in [7, 11) is 0. The van der Waals surface area contributed by atoms with Gasteiger partial charge >= 0.3 is 0 Å². The lowest BCUT2D eigenvalue weighted by Gasteiger charge is -2.37. The molecule has 2 heterocycles. The van der Waals surface area contributed by atoms with Crippen LogP contribution < -0.4 is 0 Å². The van der Waals surface area contributed by atoms with Gasteiger partial charge in [0, 0.05) is 25.6 Å². The molecule has 0 aromatic rings. The summed E-state index contributed by atoms with van der Waals surface area (Å²) in [5, 5.41) is 0. The zero-order valence-corrected chi connectivity index (χ0v) is 9.75. The van der Waals surface area contributed by atoms with Crippen LogP contribution in [0.2, 0.25) is 0 Å². The SMILES string of the molecule is CC(C)(C)CN1CCC2COCC2C1. The van der Waals surface area contributed by atoms with Crippen molar-refractivity contribution in [3.63, 3.8) is 0 Å². The highest BCUT2D eigenvalue weighted by molar-refractivity contribution is 4.85. The normalized spacial score (nSPS) is 34.5. The number of piperidine rings is 1. The van der Waals surface area contributed by atoms with E-state index in [0.29, 0.717) is 5.41 Å². The van der Waals surface area contributed by atoms with Crippen LogP contribution in [0.15, 0.2) is 0 Å². The lowest BCUT2D eigenvalue weighted by molar-refractivity contribution is 0.109. The summed E-state index contributed by atoms with van der Waals surface area (Å²) in [6, 6.07) is 0. The third-order valence-electron chi connectivity index (χ3n) is 3.34. The van der Waals surface area contributed by atoms with Crippen LogP contribution in [0.5, 0.6) is 0 Å². The van der Waals surface area contributed by atoms with Crippen molar-refractivity contribution < 1.29 is 4.74 Å². The summed E-state index contributed by atoms with van der Waals surface area (Å²) in [6.07, 6.45) is 1.35. The van der Waals surface area contributed by atoms with E-state index in [2.05, 4.69) is 25.7 Å². The van der Waals surface area contributed by atoms with Gasteiger partial charge in [-0.3, -0.25) is 0 Å². The van der Waals surface area contributed by atoms with E-state index in [1.54, 1.807) is 0 Å². The van der Waals surface area contributed by atoms with Crippen molar-refractivity contribution in [3.05, 3.63) is 0 Å². The van der Waals surface area contributed by atoms with E-state index in [-0.39, 0.29) is 0 Å². The quantitative estimate of drug-likeness (QED) is 0.637. The first-order chi connectivity index (χ1) is 6.54. The van der Waals surface area contributed by atoms with Gasteiger partial charge in [0.1, 0.15) is 0 Å². The van der Waals surface area contributed by atoms with Gasteiger partial charge in [-0.1, -0.05) is 20.8 Å². The van der Waals surface area contributed by atoms with Gasteiger partial charge in [-0.05, 0) is 24.3 Å². The molecule has 0 aromatic heterocycles. The average Bonchev–Trinajstić information content (AvgIpc) is 2.47. The summed E-state index contributed by atoms with van der Waals surface area (Å²) < 4.78 is 5.54. The Kier molecular flexibility index (Phi) is 2.85. The van der Waals surface area contributed by atoms with Gasteiger partial charge in [-0.25, -0.2) is 0 Å². The summed E-state index contributed by atoms with van der Waals surface area (Å²) in [6.45, 7) is 12.8. The van der Waals surface area contributed by atoms with Crippen LogP contribution in [0.1, 0.15) is 27.2 Å². The predicted octanol–water partition coefficient (Wildman–Crippen LogP) is 2.00. The lowest BCUT2D eigenvalue weighted by Crippen LogP contribution is -2.43. The largest absolute Gasteiger partial charge is 0.381 e. The van der Waals surface area contributed by atoms with Crippen LogP contribution in [0.25, 0.3) is 0 Å². The van der Waals surface area contributed by atoms with Crippen molar-refractivity contribution in [1.29, 1.82) is 0 Å². The fourth-order valence-electron chi connectivity index (χ4n) is 2.75. The maximum atomic E-state index is 5.54. The number of hydrogen-bond acceptors (Lipinski definition) is 2. The van der Waals surface area contributed by atoms with Gasteiger partial charge in [0.05, 0.1) is 6.61 Å². The number of hydrogen-bond donors (Lipinski definition) is 0. The van der Waals surface area contributed by atoms with E-state index >= 15 is 0 Å². The fraction of sp³-hybridized carbons (Fsp3) is 1.00. The molecule has 2 atom stereocenters. The van der Waals surface area contributed by atoms with E-state index in [4.69, 9.17) is 4.74 Å². The molecule has 0 aromatic carbocycles. The van der Waals surface area contributed by atoms with Crippen LogP contribution in [-0.4, -0.2) is 37.7 Å². The predicted molar refractivity (Wildman–Crippen MR) is 58.3 cm³/mol.